The summed E-state index contributed by atoms with van der Waals surface area (Å²) >= 11 is 5.99. The number of nitrogens with one attached hydrogen (secondary N) is 2. The summed E-state index contributed by atoms with van der Waals surface area (Å²) < 4.78 is 36.0. The van der Waals surface area contributed by atoms with E-state index in [9.17, 15) is 13.2 Å². The second-order valence-electron chi connectivity index (χ2n) is 10.6. The molecule has 1 aliphatic heterocycles. The number of anilines is 3. The Kier molecular flexibility index (Phi) is 9.28. The van der Waals surface area contributed by atoms with E-state index in [4.69, 9.17) is 16.3 Å². The van der Waals surface area contributed by atoms with Crippen LogP contribution in [0.2, 0.25) is 0 Å². The molecule has 8 nitrogen and oxygen atoms in total. The summed E-state index contributed by atoms with van der Waals surface area (Å²) in [6.45, 7) is 7.90. The normalized spacial score (nSPS) is 15.0. The molecule has 0 aromatic heterocycles. The molecule has 10 heteroatoms. The van der Waals surface area contributed by atoms with Gasteiger partial charge in [-0.3, -0.25) is 4.79 Å². The Balaban J connectivity index is 1.63. The molecule has 1 unspecified atom stereocenters. The molecule has 0 saturated carbocycles. The molecule has 3 aromatic rings. The average molecular weight is 585 g/mol. The standard InChI is InChI=1S/C30H37ClN4O4S/c1-22(23-10-6-5-7-11-23)33-40(37,38)28-20-24(32-29(36)30(2,3)21-31)14-15-26(28)35-18-16-34(17-19-35)25-12-8-9-13-27(25)39-4/h5-15,20,22,33H,16-19,21H2,1-4H3,(H,32,36). The minimum absolute atomic E-state index is 0.113. The first-order chi connectivity index (χ1) is 19.1. The van der Waals surface area contributed by atoms with Crippen molar-refractivity contribution in [2.75, 3.05) is 54.3 Å². The summed E-state index contributed by atoms with van der Waals surface area (Å²) in [5.41, 5.74) is 2.03. The lowest BCUT2D eigenvalue weighted by atomic mass is 9.95. The molecule has 2 N–H and O–H groups in total. The highest BCUT2D eigenvalue weighted by Gasteiger charge is 2.30. The number of piperazine rings is 1. The van der Waals surface area contributed by atoms with E-state index in [1.165, 1.54) is 6.07 Å². The summed E-state index contributed by atoms with van der Waals surface area (Å²) in [4.78, 5) is 17.2. The van der Waals surface area contributed by atoms with Gasteiger partial charge in [-0.1, -0.05) is 42.5 Å². The van der Waals surface area contributed by atoms with Crippen LogP contribution in [0.5, 0.6) is 5.75 Å². The third-order valence-corrected chi connectivity index (χ3v) is 9.37. The van der Waals surface area contributed by atoms with Gasteiger partial charge in [0.25, 0.3) is 0 Å². The SMILES string of the molecule is COc1ccccc1N1CCN(c2ccc(NC(=O)C(C)(C)CCl)cc2S(=O)(=O)NC(C)c2ccccc2)CC1. The molecule has 0 aliphatic carbocycles. The molecule has 3 aromatic carbocycles. The number of hydrogen-bond donors (Lipinski definition) is 2. The van der Waals surface area contributed by atoms with Crippen molar-refractivity contribution < 1.29 is 17.9 Å². The number of sulfonamides is 1. The van der Waals surface area contributed by atoms with Gasteiger partial charge in [-0.25, -0.2) is 13.1 Å². The molecule has 1 aliphatic rings. The number of para-hydroxylation sites is 2. The molecule has 40 heavy (non-hydrogen) atoms. The number of nitrogens with zero attached hydrogens (tertiary/aromatic N) is 2. The van der Waals surface area contributed by atoms with Crippen LogP contribution in [0.25, 0.3) is 0 Å². The van der Waals surface area contributed by atoms with E-state index in [0.717, 1.165) is 17.0 Å². The molecule has 1 saturated heterocycles. The molecule has 0 spiro atoms. The van der Waals surface area contributed by atoms with Crippen LogP contribution in [0.1, 0.15) is 32.4 Å². The van der Waals surface area contributed by atoms with Crippen LogP contribution < -0.4 is 24.6 Å². The van der Waals surface area contributed by atoms with E-state index in [1.54, 1.807) is 33.1 Å². The zero-order valence-corrected chi connectivity index (χ0v) is 24.9. The minimum Gasteiger partial charge on any atom is -0.495 e. The Morgan fingerprint density at radius 1 is 0.950 bits per heavy atom. The Morgan fingerprint density at radius 3 is 2.17 bits per heavy atom. The lowest BCUT2D eigenvalue weighted by Crippen LogP contribution is -2.47. The van der Waals surface area contributed by atoms with Crippen LogP contribution in [-0.2, 0) is 14.8 Å². The molecular weight excluding hydrogens is 548 g/mol. The van der Waals surface area contributed by atoms with Gasteiger partial charge in [-0.05, 0) is 56.7 Å². The zero-order chi connectivity index (χ0) is 28.9. The van der Waals surface area contributed by atoms with Gasteiger partial charge < -0.3 is 19.9 Å². The third kappa shape index (κ3) is 6.71. The largest absolute Gasteiger partial charge is 0.495 e. The first-order valence-corrected chi connectivity index (χ1v) is 15.3. The monoisotopic (exact) mass is 584 g/mol. The second-order valence-corrected chi connectivity index (χ2v) is 12.5. The van der Waals surface area contributed by atoms with Crippen molar-refractivity contribution in [2.45, 2.75) is 31.7 Å². The number of methoxy groups -OCH3 is 1. The molecular formula is C30H37ClN4O4S. The smallest absolute Gasteiger partial charge is 0.243 e. The zero-order valence-electron chi connectivity index (χ0n) is 23.4. The highest BCUT2D eigenvalue weighted by molar-refractivity contribution is 7.89. The molecule has 0 radical (unpaired) electrons. The second kappa shape index (κ2) is 12.5. The molecule has 1 fully saturated rings. The van der Waals surface area contributed by atoms with Crippen LogP contribution in [0.3, 0.4) is 0 Å². The predicted molar refractivity (Wildman–Crippen MR) is 162 cm³/mol. The Morgan fingerprint density at radius 2 is 1.55 bits per heavy atom. The fourth-order valence-corrected chi connectivity index (χ4v) is 6.22. The summed E-state index contributed by atoms with van der Waals surface area (Å²) in [6.07, 6.45) is 0. The lowest BCUT2D eigenvalue weighted by Gasteiger charge is -2.38. The molecule has 0 bridgehead atoms. The van der Waals surface area contributed by atoms with Crippen molar-refractivity contribution in [2.24, 2.45) is 5.41 Å². The van der Waals surface area contributed by atoms with Crippen molar-refractivity contribution in [1.29, 1.82) is 0 Å². The van der Waals surface area contributed by atoms with E-state index in [-0.39, 0.29) is 16.7 Å². The Labute approximate surface area is 242 Å². The first kappa shape index (κ1) is 29.7. The van der Waals surface area contributed by atoms with Crippen LogP contribution in [-0.4, -0.2) is 53.5 Å². The average Bonchev–Trinajstić information content (AvgIpc) is 2.97. The third-order valence-electron chi connectivity index (χ3n) is 7.13. The number of halogens is 1. The Hall–Kier alpha value is -3.27. The molecule has 1 amide bonds. The number of amides is 1. The van der Waals surface area contributed by atoms with Crippen molar-refractivity contribution in [3.05, 3.63) is 78.4 Å². The van der Waals surface area contributed by atoms with E-state index < -0.39 is 21.5 Å². The van der Waals surface area contributed by atoms with Gasteiger partial charge in [0.2, 0.25) is 15.9 Å². The number of carbonyl (C=O) groups excluding carboxylic acids is 1. The minimum atomic E-state index is -3.97. The lowest BCUT2D eigenvalue weighted by molar-refractivity contribution is -0.122. The number of rotatable bonds is 10. The number of hydrogen-bond acceptors (Lipinski definition) is 6. The highest BCUT2D eigenvalue weighted by atomic mass is 35.5. The molecule has 1 heterocycles. The van der Waals surface area contributed by atoms with E-state index in [2.05, 4.69) is 19.8 Å². The summed E-state index contributed by atoms with van der Waals surface area (Å²) in [5, 5.41) is 2.85. The van der Waals surface area contributed by atoms with Crippen molar-refractivity contribution >= 4 is 44.6 Å². The van der Waals surface area contributed by atoms with Crippen molar-refractivity contribution in [1.82, 2.24) is 4.72 Å². The van der Waals surface area contributed by atoms with Crippen LogP contribution in [0, 0.1) is 5.41 Å². The Bertz CT molecular complexity index is 1420. The van der Waals surface area contributed by atoms with Gasteiger partial charge in [0.05, 0.1) is 23.9 Å². The van der Waals surface area contributed by atoms with Gasteiger partial charge in [0.15, 0.2) is 0 Å². The molecule has 214 valence electrons. The number of alkyl halides is 1. The number of benzene rings is 3. The summed E-state index contributed by atoms with van der Waals surface area (Å²) in [7, 11) is -2.31. The topological polar surface area (TPSA) is 91.0 Å². The fourth-order valence-electron chi connectivity index (χ4n) is 4.61. The fraction of sp³-hybridized carbons (Fsp3) is 0.367. The number of ether oxygens (including phenoxy) is 1. The van der Waals surface area contributed by atoms with Crippen LogP contribution in [0.15, 0.2) is 77.7 Å². The van der Waals surface area contributed by atoms with Crippen LogP contribution in [0.4, 0.5) is 17.1 Å². The maximum Gasteiger partial charge on any atom is 0.243 e. The van der Waals surface area contributed by atoms with Crippen molar-refractivity contribution in [3.63, 3.8) is 0 Å². The van der Waals surface area contributed by atoms with Crippen molar-refractivity contribution in [3.8, 4) is 5.75 Å². The molecule has 1 atom stereocenters. The highest BCUT2D eigenvalue weighted by Crippen LogP contribution is 2.33. The number of carbonyl (C=O) groups is 1. The predicted octanol–water partition coefficient (Wildman–Crippen LogP) is 5.26. The van der Waals surface area contributed by atoms with Gasteiger partial charge in [0.1, 0.15) is 10.6 Å². The van der Waals surface area contributed by atoms with Gasteiger partial charge in [-0.15, -0.1) is 11.6 Å². The molecule has 4 rings (SSSR count). The summed E-state index contributed by atoms with van der Waals surface area (Å²) in [5.74, 6) is 0.655. The summed E-state index contributed by atoms with van der Waals surface area (Å²) in [6, 6.07) is 21.9. The van der Waals surface area contributed by atoms with Gasteiger partial charge in [-0.2, -0.15) is 0 Å². The maximum atomic E-state index is 13.8. The van der Waals surface area contributed by atoms with E-state index >= 15 is 0 Å². The van der Waals surface area contributed by atoms with E-state index in [0.29, 0.717) is 37.6 Å². The van der Waals surface area contributed by atoms with Crippen LogP contribution >= 0.6 is 11.6 Å². The quantitative estimate of drug-likeness (QED) is 0.316. The van der Waals surface area contributed by atoms with E-state index in [1.807, 2.05) is 61.5 Å². The first-order valence-electron chi connectivity index (χ1n) is 13.3. The van der Waals surface area contributed by atoms with Gasteiger partial charge in [0, 0.05) is 43.8 Å². The van der Waals surface area contributed by atoms with Gasteiger partial charge >= 0.3 is 0 Å². The maximum absolute atomic E-state index is 13.8.